The molecule has 0 amide bonds. The van der Waals surface area contributed by atoms with Gasteiger partial charge >= 0.3 is 5.97 Å². The summed E-state index contributed by atoms with van der Waals surface area (Å²) in [6.07, 6.45) is 1.79. The Bertz CT molecular complexity index is 939. The van der Waals surface area contributed by atoms with Gasteiger partial charge in [0.05, 0.1) is 5.52 Å². The van der Waals surface area contributed by atoms with E-state index in [1.165, 1.54) is 6.07 Å². The van der Waals surface area contributed by atoms with Gasteiger partial charge < -0.3 is 10.1 Å². The normalized spacial score (nSPS) is 9.54. The van der Waals surface area contributed by atoms with Crippen LogP contribution < -0.4 is 0 Å². The van der Waals surface area contributed by atoms with E-state index in [0.29, 0.717) is 5.52 Å². The van der Waals surface area contributed by atoms with Crippen molar-refractivity contribution in [2.45, 2.75) is 0 Å². The third-order valence-electron chi connectivity index (χ3n) is 3.47. The van der Waals surface area contributed by atoms with Crippen LogP contribution >= 0.6 is 0 Å². The van der Waals surface area contributed by atoms with Gasteiger partial charge in [0, 0.05) is 31.7 Å². The van der Waals surface area contributed by atoms with Gasteiger partial charge in [0.25, 0.3) is 0 Å². The first-order chi connectivity index (χ1) is 12.2. The van der Waals surface area contributed by atoms with Crippen molar-refractivity contribution >= 4 is 16.9 Å². The van der Waals surface area contributed by atoms with Crippen molar-refractivity contribution < 1.29 is 30.0 Å². The van der Waals surface area contributed by atoms with Crippen LogP contribution in [0.2, 0.25) is 0 Å². The first-order valence-electron chi connectivity index (χ1n) is 7.71. The van der Waals surface area contributed by atoms with Gasteiger partial charge in [0.15, 0.2) is 0 Å². The van der Waals surface area contributed by atoms with Gasteiger partial charge in [-0.3, -0.25) is 0 Å². The van der Waals surface area contributed by atoms with Crippen LogP contribution in [0.3, 0.4) is 0 Å². The SMILES string of the molecule is O=C(O)c1ccc2ccccc2n1.[Ir].[c-]1ccccc1-c1ccccn1. The minimum Gasteiger partial charge on any atom is -0.477 e. The summed E-state index contributed by atoms with van der Waals surface area (Å²) in [5.41, 5.74) is 2.80. The molecule has 0 atom stereocenters. The molecule has 1 N–H and O–H groups in total. The minimum atomic E-state index is -0.995. The van der Waals surface area contributed by atoms with Crippen LogP contribution in [0.4, 0.5) is 0 Å². The van der Waals surface area contributed by atoms with Gasteiger partial charge in [-0.15, -0.1) is 35.9 Å². The van der Waals surface area contributed by atoms with Gasteiger partial charge in [0.1, 0.15) is 5.69 Å². The summed E-state index contributed by atoms with van der Waals surface area (Å²) in [4.78, 5) is 18.8. The van der Waals surface area contributed by atoms with Gasteiger partial charge in [-0.05, 0) is 23.9 Å². The molecule has 2 heterocycles. The standard InChI is InChI=1S/C11H8N.C10H7NO2.Ir/c1-2-6-10(7-3-1)11-8-4-5-9-12-11;12-10(13)9-6-5-7-3-1-2-4-8(7)11-9;/h1-6,8-9H;1-6H,(H,12,13);/q-1;;. The Balaban J connectivity index is 0.000000180. The third-order valence-corrected chi connectivity index (χ3v) is 3.47. The summed E-state index contributed by atoms with van der Waals surface area (Å²) in [7, 11) is 0. The smallest absolute Gasteiger partial charge is 0.354 e. The molecule has 0 unspecified atom stereocenters. The molecular formula is C21H15IrN2O2-. The van der Waals surface area contributed by atoms with Gasteiger partial charge in [0.2, 0.25) is 0 Å². The Morgan fingerprint density at radius 2 is 1.65 bits per heavy atom. The average Bonchev–Trinajstić information content (AvgIpc) is 2.69. The van der Waals surface area contributed by atoms with E-state index in [-0.39, 0.29) is 25.8 Å². The zero-order chi connectivity index (χ0) is 17.5. The summed E-state index contributed by atoms with van der Waals surface area (Å²) in [6.45, 7) is 0. The molecule has 2 aromatic carbocycles. The summed E-state index contributed by atoms with van der Waals surface area (Å²) in [5.74, 6) is -0.995. The van der Waals surface area contributed by atoms with Crippen LogP contribution in [-0.2, 0) is 20.1 Å². The van der Waals surface area contributed by atoms with Crippen LogP contribution in [0.5, 0.6) is 0 Å². The number of para-hydroxylation sites is 1. The van der Waals surface area contributed by atoms with Crippen molar-refractivity contribution in [2.24, 2.45) is 0 Å². The zero-order valence-corrected chi connectivity index (χ0v) is 16.1. The number of pyridine rings is 2. The maximum Gasteiger partial charge on any atom is 0.354 e. The first kappa shape index (κ1) is 19.4. The predicted octanol–water partition coefficient (Wildman–Crippen LogP) is 4.48. The van der Waals surface area contributed by atoms with Crippen molar-refractivity contribution in [2.75, 3.05) is 0 Å². The maximum atomic E-state index is 10.6. The quantitative estimate of drug-likeness (QED) is 0.397. The Morgan fingerprint density at radius 3 is 2.35 bits per heavy atom. The second kappa shape index (κ2) is 9.56. The fourth-order valence-corrected chi connectivity index (χ4v) is 2.26. The minimum absolute atomic E-state index is 0. The molecule has 0 spiro atoms. The van der Waals surface area contributed by atoms with Crippen LogP contribution in [0, 0.1) is 6.07 Å². The molecule has 0 bridgehead atoms. The topological polar surface area (TPSA) is 63.1 Å². The van der Waals surface area contributed by atoms with Crippen LogP contribution in [0.15, 0.2) is 85.1 Å². The van der Waals surface area contributed by atoms with Crippen molar-refractivity contribution in [1.29, 1.82) is 0 Å². The number of carbonyl (C=O) groups is 1. The van der Waals surface area contributed by atoms with E-state index < -0.39 is 5.97 Å². The molecule has 0 fully saturated rings. The molecule has 2 aromatic heterocycles. The van der Waals surface area contributed by atoms with E-state index in [2.05, 4.69) is 16.0 Å². The molecule has 131 valence electrons. The van der Waals surface area contributed by atoms with Crippen molar-refractivity contribution in [3.8, 4) is 11.3 Å². The fourth-order valence-electron chi connectivity index (χ4n) is 2.26. The molecular weight excluding hydrogens is 504 g/mol. The number of nitrogens with zero attached hydrogens (tertiary/aromatic N) is 2. The van der Waals surface area contributed by atoms with Crippen molar-refractivity contribution in [3.63, 3.8) is 0 Å². The largest absolute Gasteiger partial charge is 0.477 e. The zero-order valence-electron chi connectivity index (χ0n) is 13.7. The van der Waals surface area contributed by atoms with E-state index in [9.17, 15) is 4.79 Å². The Kier molecular flexibility index (Phi) is 7.15. The fraction of sp³-hybridized carbons (Fsp3) is 0. The van der Waals surface area contributed by atoms with Crippen molar-refractivity contribution in [1.82, 2.24) is 9.97 Å². The van der Waals surface area contributed by atoms with Gasteiger partial charge in [-0.1, -0.05) is 36.4 Å². The number of carboxylic acids is 1. The number of aromatic nitrogens is 2. The number of benzene rings is 2. The van der Waals surface area contributed by atoms with E-state index in [0.717, 1.165) is 16.6 Å². The van der Waals surface area contributed by atoms with Crippen LogP contribution in [0.1, 0.15) is 10.5 Å². The second-order valence-corrected chi connectivity index (χ2v) is 5.19. The number of fused-ring (bicyclic) bond motifs is 1. The molecule has 0 aliphatic heterocycles. The van der Waals surface area contributed by atoms with Crippen LogP contribution in [0.25, 0.3) is 22.2 Å². The summed E-state index contributed by atoms with van der Waals surface area (Å²) < 4.78 is 0. The summed E-state index contributed by atoms with van der Waals surface area (Å²) >= 11 is 0. The Labute approximate surface area is 164 Å². The number of hydrogen-bond acceptors (Lipinski definition) is 3. The molecule has 0 aliphatic rings. The van der Waals surface area contributed by atoms with E-state index in [1.54, 1.807) is 18.3 Å². The molecule has 0 saturated carbocycles. The average molecular weight is 520 g/mol. The summed E-state index contributed by atoms with van der Waals surface area (Å²) in [5, 5.41) is 9.63. The second-order valence-electron chi connectivity index (χ2n) is 5.19. The van der Waals surface area contributed by atoms with E-state index in [4.69, 9.17) is 5.11 Å². The Hall–Kier alpha value is -2.88. The molecule has 5 heteroatoms. The molecule has 0 saturated heterocycles. The van der Waals surface area contributed by atoms with E-state index >= 15 is 0 Å². The first-order valence-corrected chi connectivity index (χ1v) is 7.71. The van der Waals surface area contributed by atoms with Crippen LogP contribution in [-0.4, -0.2) is 21.0 Å². The Morgan fingerprint density at radius 1 is 0.885 bits per heavy atom. The molecule has 4 rings (SSSR count). The number of hydrogen-bond donors (Lipinski definition) is 1. The van der Waals surface area contributed by atoms with E-state index in [1.807, 2.05) is 60.7 Å². The van der Waals surface area contributed by atoms with Crippen molar-refractivity contribution in [3.05, 3.63) is 96.8 Å². The molecule has 4 nitrogen and oxygen atoms in total. The number of carboxylic acid groups (broad SMARTS) is 1. The molecule has 1 radical (unpaired) electrons. The number of rotatable bonds is 2. The van der Waals surface area contributed by atoms with Gasteiger partial charge in [-0.2, -0.15) is 0 Å². The maximum absolute atomic E-state index is 10.6. The molecule has 26 heavy (non-hydrogen) atoms. The third kappa shape index (κ3) is 5.06. The molecule has 4 aromatic rings. The van der Waals surface area contributed by atoms with Gasteiger partial charge in [-0.25, -0.2) is 9.78 Å². The monoisotopic (exact) mass is 520 g/mol. The predicted molar refractivity (Wildman–Crippen MR) is 97.2 cm³/mol. The number of aromatic carboxylic acids is 1. The summed E-state index contributed by atoms with van der Waals surface area (Å²) in [6, 6.07) is 27.5. The molecule has 0 aliphatic carbocycles.